The Labute approximate surface area is 139 Å². The number of hydrogen-bond donors (Lipinski definition) is 2. The minimum Gasteiger partial charge on any atom is -0.389 e. The first-order chi connectivity index (χ1) is 9.79. The number of benzene rings is 1. The van der Waals surface area contributed by atoms with Crippen molar-refractivity contribution in [1.82, 2.24) is 4.31 Å². The van der Waals surface area contributed by atoms with E-state index in [1.54, 1.807) is 18.2 Å². The fourth-order valence-electron chi connectivity index (χ4n) is 2.38. The zero-order valence-electron chi connectivity index (χ0n) is 11.7. The maximum Gasteiger partial charge on any atom is 0.301 e. The van der Waals surface area contributed by atoms with Gasteiger partial charge in [0.25, 0.3) is 0 Å². The average Bonchev–Trinajstić information content (AvgIpc) is 2.40. The van der Waals surface area contributed by atoms with Gasteiger partial charge < -0.3 is 5.73 Å². The quantitative estimate of drug-likeness (QED) is 0.772. The van der Waals surface area contributed by atoms with E-state index >= 15 is 0 Å². The predicted octanol–water partition coefficient (Wildman–Crippen LogP) is 2.47. The number of piperidine rings is 1. The third kappa shape index (κ3) is 4.15. The van der Waals surface area contributed by atoms with Crippen LogP contribution in [0.1, 0.15) is 25.3 Å². The largest absolute Gasteiger partial charge is 0.389 e. The number of nitrogens with one attached hydrogen (secondary N) is 1. The molecule has 1 aliphatic rings. The van der Waals surface area contributed by atoms with Crippen LogP contribution < -0.4 is 10.5 Å². The summed E-state index contributed by atoms with van der Waals surface area (Å²) in [6.07, 6.45) is 1.94. The van der Waals surface area contributed by atoms with Gasteiger partial charge in [-0.15, -0.1) is 0 Å². The highest BCUT2D eigenvalue weighted by Crippen LogP contribution is 2.24. The monoisotopic (exact) mass is 391 g/mol. The van der Waals surface area contributed by atoms with Crippen molar-refractivity contribution >= 4 is 49.0 Å². The molecule has 2 rings (SSSR count). The van der Waals surface area contributed by atoms with Gasteiger partial charge in [-0.05, 0) is 37.0 Å². The van der Waals surface area contributed by atoms with E-state index in [1.165, 1.54) is 4.31 Å². The van der Waals surface area contributed by atoms with E-state index in [-0.39, 0.29) is 4.99 Å². The average molecular weight is 392 g/mol. The van der Waals surface area contributed by atoms with Gasteiger partial charge in [-0.2, -0.15) is 12.7 Å². The summed E-state index contributed by atoms with van der Waals surface area (Å²) in [5, 5.41) is 0. The molecule has 0 bridgehead atoms. The van der Waals surface area contributed by atoms with Gasteiger partial charge >= 0.3 is 10.2 Å². The molecule has 1 aromatic carbocycles. The van der Waals surface area contributed by atoms with Gasteiger partial charge in [0.1, 0.15) is 4.99 Å². The van der Waals surface area contributed by atoms with E-state index < -0.39 is 10.2 Å². The summed E-state index contributed by atoms with van der Waals surface area (Å²) in [4.78, 5) is 0.154. The second kappa shape index (κ2) is 6.60. The third-order valence-corrected chi connectivity index (χ3v) is 5.65. The first-order valence-corrected chi connectivity index (χ1v) is 9.31. The number of hydrogen-bond acceptors (Lipinski definition) is 3. The van der Waals surface area contributed by atoms with Crippen LogP contribution in [0, 0.1) is 5.92 Å². The summed E-state index contributed by atoms with van der Waals surface area (Å²) in [5.41, 5.74) is 6.58. The Balaban J connectivity index is 2.26. The Kier molecular flexibility index (Phi) is 5.24. The van der Waals surface area contributed by atoms with Gasteiger partial charge in [-0.3, -0.25) is 4.72 Å². The Morgan fingerprint density at radius 2 is 2.24 bits per heavy atom. The summed E-state index contributed by atoms with van der Waals surface area (Å²) in [6.45, 7) is 3.13. The first kappa shape index (κ1) is 16.7. The summed E-state index contributed by atoms with van der Waals surface area (Å²) in [6, 6.07) is 5.11. The van der Waals surface area contributed by atoms with Crippen molar-refractivity contribution in [3.05, 3.63) is 28.2 Å². The number of halogens is 1. The summed E-state index contributed by atoms with van der Waals surface area (Å²) in [5.74, 6) is 0.371. The molecule has 0 spiro atoms. The van der Waals surface area contributed by atoms with Crippen molar-refractivity contribution in [1.29, 1.82) is 0 Å². The molecular formula is C13H18BrN3O2S2. The van der Waals surface area contributed by atoms with Crippen molar-refractivity contribution in [2.24, 2.45) is 11.7 Å². The zero-order valence-corrected chi connectivity index (χ0v) is 14.9. The molecule has 0 aromatic heterocycles. The van der Waals surface area contributed by atoms with Gasteiger partial charge in [0.05, 0.1) is 5.69 Å². The summed E-state index contributed by atoms with van der Waals surface area (Å²) >= 11 is 8.31. The van der Waals surface area contributed by atoms with E-state index in [2.05, 4.69) is 27.6 Å². The predicted molar refractivity (Wildman–Crippen MR) is 92.5 cm³/mol. The minimum absolute atomic E-state index is 0.154. The van der Waals surface area contributed by atoms with Crippen LogP contribution >= 0.6 is 28.1 Å². The molecule has 0 amide bonds. The molecule has 1 heterocycles. The molecule has 116 valence electrons. The molecule has 1 fully saturated rings. The van der Waals surface area contributed by atoms with Gasteiger partial charge in [0.15, 0.2) is 0 Å². The lowest BCUT2D eigenvalue weighted by atomic mass is 10.0. The SMILES string of the molecule is CC1CCCN(S(=O)(=O)Nc2ccc(Br)cc2C(N)=S)C1. The topological polar surface area (TPSA) is 75.4 Å². The van der Waals surface area contributed by atoms with Crippen LogP contribution in [-0.2, 0) is 10.2 Å². The van der Waals surface area contributed by atoms with E-state index in [0.717, 1.165) is 17.3 Å². The van der Waals surface area contributed by atoms with E-state index in [0.29, 0.717) is 30.3 Å². The molecule has 1 unspecified atom stereocenters. The van der Waals surface area contributed by atoms with Crippen LogP contribution in [0.3, 0.4) is 0 Å². The van der Waals surface area contributed by atoms with E-state index in [4.69, 9.17) is 18.0 Å². The highest BCUT2D eigenvalue weighted by atomic mass is 79.9. The molecule has 1 aliphatic heterocycles. The van der Waals surface area contributed by atoms with Gasteiger partial charge in [-0.1, -0.05) is 35.1 Å². The Hall–Kier alpha value is -0.700. The fourth-order valence-corrected chi connectivity index (χ4v) is 4.31. The van der Waals surface area contributed by atoms with Crippen LogP contribution in [0.25, 0.3) is 0 Å². The number of nitrogens with zero attached hydrogens (tertiary/aromatic N) is 1. The molecule has 0 aliphatic carbocycles. The second-order valence-electron chi connectivity index (χ2n) is 5.27. The highest BCUT2D eigenvalue weighted by Gasteiger charge is 2.27. The molecule has 8 heteroatoms. The Morgan fingerprint density at radius 1 is 1.52 bits per heavy atom. The third-order valence-electron chi connectivity index (χ3n) is 3.45. The maximum absolute atomic E-state index is 12.5. The first-order valence-electron chi connectivity index (χ1n) is 6.67. The molecule has 5 nitrogen and oxygen atoms in total. The lowest BCUT2D eigenvalue weighted by Crippen LogP contribution is -2.42. The maximum atomic E-state index is 12.5. The van der Waals surface area contributed by atoms with Crippen LogP contribution in [-0.4, -0.2) is 30.8 Å². The zero-order chi connectivity index (χ0) is 15.6. The molecule has 1 atom stereocenters. The van der Waals surface area contributed by atoms with Crippen LogP contribution in [0.15, 0.2) is 22.7 Å². The Morgan fingerprint density at radius 3 is 2.86 bits per heavy atom. The van der Waals surface area contributed by atoms with Crippen LogP contribution in [0.5, 0.6) is 0 Å². The standard InChI is InChI=1S/C13H18BrN3O2S2/c1-9-3-2-6-17(8-9)21(18,19)16-12-5-4-10(14)7-11(12)13(15)20/h4-5,7,9,16H,2-3,6,8H2,1H3,(H2,15,20). The van der Waals surface area contributed by atoms with E-state index in [9.17, 15) is 8.42 Å². The van der Waals surface area contributed by atoms with Crippen molar-refractivity contribution < 1.29 is 8.42 Å². The molecule has 3 N–H and O–H groups in total. The number of anilines is 1. The van der Waals surface area contributed by atoms with Crippen molar-refractivity contribution in [3.8, 4) is 0 Å². The molecule has 0 radical (unpaired) electrons. The highest BCUT2D eigenvalue weighted by molar-refractivity contribution is 9.10. The number of nitrogens with two attached hydrogens (primary N) is 1. The molecule has 1 saturated heterocycles. The summed E-state index contributed by atoms with van der Waals surface area (Å²) in [7, 11) is -3.59. The van der Waals surface area contributed by atoms with Gasteiger partial charge in [0.2, 0.25) is 0 Å². The van der Waals surface area contributed by atoms with Gasteiger partial charge in [0, 0.05) is 23.1 Å². The molecule has 1 aromatic rings. The Bertz CT molecular complexity index is 649. The van der Waals surface area contributed by atoms with Crippen molar-refractivity contribution in [2.45, 2.75) is 19.8 Å². The number of thiocarbonyl (C=S) groups is 1. The number of rotatable bonds is 4. The lowest BCUT2D eigenvalue weighted by molar-refractivity contribution is 0.282. The second-order valence-corrected chi connectivity index (χ2v) is 8.29. The van der Waals surface area contributed by atoms with Crippen molar-refractivity contribution in [3.63, 3.8) is 0 Å². The summed E-state index contributed by atoms with van der Waals surface area (Å²) < 4.78 is 29.8. The fraction of sp³-hybridized carbons (Fsp3) is 0.462. The smallest absolute Gasteiger partial charge is 0.301 e. The normalized spacial score (nSPS) is 20.2. The molecular weight excluding hydrogens is 374 g/mol. The van der Waals surface area contributed by atoms with Crippen LogP contribution in [0.4, 0.5) is 5.69 Å². The minimum atomic E-state index is -3.59. The van der Waals surface area contributed by atoms with E-state index in [1.807, 2.05) is 0 Å². The molecule has 21 heavy (non-hydrogen) atoms. The van der Waals surface area contributed by atoms with Crippen LogP contribution in [0.2, 0.25) is 0 Å². The van der Waals surface area contributed by atoms with Crippen molar-refractivity contribution in [2.75, 3.05) is 17.8 Å². The van der Waals surface area contributed by atoms with Gasteiger partial charge in [-0.25, -0.2) is 0 Å². The molecule has 0 saturated carbocycles. The lowest BCUT2D eigenvalue weighted by Gasteiger charge is -2.30.